The first-order chi connectivity index (χ1) is 5.58. The van der Waals surface area contributed by atoms with Crippen molar-refractivity contribution in [3.63, 3.8) is 0 Å². The zero-order valence-corrected chi connectivity index (χ0v) is 7.64. The summed E-state index contributed by atoms with van der Waals surface area (Å²) in [5.74, 6) is 0. The van der Waals surface area contributed by atoms with Crippen LogP contribution in [0.3, 0.4) is 0 Å². The Bertz CT molecular complexity index is 338. The molecule has 0 radical (unpaired) electrons. The number of halogens is 1. The molecule has 4 nitrogen and oxygen atoms in total. The highest BCUT2D eigenvalue weighted by atomic mass is 35.7. The van der Waals surface area contributed by atoms with Crippen LogP contribution in [0.1, 0.15) is 5.56 Å². The minimum absolute atomic E-state index is 0.189. The van der Waals surface area contributed by atoms with Gasteiger partial charge in [0.05, 0.1) is 0 Å². The standard InChI is InChI=1S/C6H7ClN2O2S/c7-12(10,11)9-5-6-1-3-8-4-2-6/h1-4,9H,5H2. The molecule has 0 saturated heterocycles. The van der Waals surface area contributed by atoms with Crippen molar-refractivity contribution in [3.05, 3.63) is 30.1 Å². The Balaban J connectivity index is 2.56. The largest absolute Gasteiger partial charge is 0.297 e. The molecule has 0 aliphatic heterocycles. The molecule has 0 spiro atoms. The smallest absolute Gasteiger partial charge is 0.265 e. The highest BCUT2D eigenvalue weighted by Crippen LogP contribution is 1.98. The molecular weight excluding hydrogens is 200 g/mol. The van der Waals surface area contributed by atoms with E-state index in [9.17, 15) is 8.42 Å². The molecule has 0 aliphatic carbocycles. The first kappa shape index (κ1) is 9.44. The highest BCUT2D eigenvalue weighted by molar-refractivity contribution is 8.12. The molecule has 0 unspecified atom stereocenters. The van der Waals surface area contributed by atoms with Gasteiger partial charge >= 0.3 is 0 Å². The molecule has 1 aromatic heterocycles. The molecule has 0 saturated carbocycles. The van der Waals surface area contributed by atoms with Crippen molar-refractivity contribution in [2.24, 2.45) is 0 Å². The zero-order valence-electron chi connectivity index (χ0n) is 6.07. The van der Waals surface area contributed by atoms with Gasteiger partial charge in [-0.15, -0.1) is 0 Å². The van der Waals surface area contributed by atoms with Crippen LogP contribution in [0, 0.1) is 0 Å². The van der Waals surface area contributed by atoms with Crippen molar-refractivity contribution >= 4 is 19.9 Å². The van der Waals surface area contributed by atoms with E-state index in [2.05, 4.69) is 9.71 Å². The molecule has 0 fully saturated rings. The maximum atomic E-state index is 10.4. The van der Waals surface area contributed by atoms with Crippen LogP contribution in [-0.2, 0) is 15.8 Å². The summed E-state index contributed by atoms with van der Waals surface area (Å²) in [5, 5.41) is 0. The fourth-order valence-electron chi connectivity index (χ4n) is 0.670. The van der Waals surface area contributed by atoms with Gasteiger partial charge in [0.2, 0.25) is 0 Å². The molecule has 12 heavy (non-hydrogen) atoms. The maximum absolute atomic E-state index is 10.4. The van der Waals surface area contributed by atoms with E-state index in [0.29, 0.717) is 0 Å². The Morgan fingerprint density at radius 3 is 2.50 bits per heavy atom. The van der Waals surface area contributed by atoms with Gasteiger partial charge in [-0.3, -0.25) is 4.98 Å². The van der Waals surface area contributed by atoms with Crippen molar-refractivity contribution in [1.29, 1.82) is 0 Å². The van der Waals surface area contributed by atoms with Crippen molar-refractivity contribution in [3.8, 4) is 0 Å². The van der Waals surface area contributed by atoms with Crippen LogP contribution in [0.4, 0.5) is 0 Å². The summed E-state index contributed by atoms with van der Waals surface area (Å²) in [4.78, 5) is 3.78. The van der Waals surface area contributed by atoms with Crippen LogP contribution in [0.25, 0.3) is 0 Å². The lowest BCUT2D eigenvalue weighted by atomic mass is 10.3. The van der Waals surface area contributed by atoms with Gasteiger partial charge in [0, 0.05) is 29.6 Å². The zero-order chi connectivity index (χ0) is 9.03. The minimum atomic E-state index is -3.62. The molecule has 1 N–H and O–H groups in total. The van der Waals surface area contributed by atoms with E-state index >= 15 is 0 Å². The summed E-state index contributed by atoms with van der Waals surface area (Å²) in [6.07, 6.45) is 3.16. The number of rotatable bonds is 3. The van der Waals surface area contributed by atoms with Gasteiger partial charge in [-0.25, -0.2) is 0 Å². The van der Waals surface area contributed by atoms with E-state index < -0.39 is 9.24 Å². The van der Waals surface area contributed by atoms with Crippen LogP contribution in [0.5, 0.6) is 0 Å². The van der Waals surface area contributed by atoms with E-state index in [4.69, 9.17) is 10.7 Å². The molecule has 0 bridgehead atoms. The van der Waals surface area contributed by atoms with Crippen molar-refractivity contribution in [1.82, 2.24) is 9.71 Å². The molecular formula is C6H7ClN2O2S. The average Bonchev–Trinajstić information content (AvgIpc) is 2.02. The van der Waals surface area contributed by atoms with Crippen LogP contribution in [0.15, 0.2) is 24.5 Å². The fraction of sp³-hybridized carbons (Fsp3) is 0.167. The third kappa shape index (κ3) is 3.66. The molecule has 1 heterocycles. The topological polar surface area (TPSA) is 59.1 Å². The van der Waals surface area contributed by atoms with Crippen LogP contribution in [0.2, 0.25) is 0 Å². The molecule has 1 rings (SSSR count). The monoisotopic (exact) mass is 206 g/mol. The second kappa shape index (κ2) is 3.84. The van der Waals surface area contributed by atoms with Gasteiger partial charge in [-0.2, -0.15) is 13.1 Å². The number of aromatic nitrogens is 1. The van der Waals surface area contributed by atoms with Crippen molar-refractivity contribution < 1.29 is 8.42 Å². The SMILES string of the molecule is O=S(=O)(Cl)NCc1ccncc1. The van der Waals surface area contributed by atoms with Crippen LogP contribution >= 0.6 is 10.7 Å². The Morgan fingerprint density at radius 1 is 1.42 bits per heavy atom. The van der Waals surface area contributed by atoms with E-state index in [1.165, 1.54) is 0 Å². The predicted molar refractivity (Wildman–Crippen MR) is 45.8 cm³/mol. The minimum Gasteiger partial charge on any atom is -0.265 e. The Labute approximate surface area is 75.1 Å². The van der Waals surface area contributed by atoms with E-state index in [1.807, 2.05) is 0 Å². The fourth-order valence-corrected chi connectivity index (χ4v) is 1.17. The van der Waals surface area contributed by atoms with Gasteiger partial charge in [0.25, 0.3) is 9.24 Å². The van der Waals surface area contributed by atoms with Gasteiger partial charge in [0.1, 0.15) is 0 Å². The van der Waals surface area contributed by atoms with Crippen molar-refractivity contribution in [2.45, 2.75) is 6.54 Å². The van der Waals surface area contributed by atoms with Crippen LogP contribution in [-0.4, -0.2) is 13.4 Å². The lowest BCUT2D eigenvalue weighted by Crippen LogP contribution is -2.17. The lowest BCUT2D eigenvalue weighted by Gasteiger charge is -1.98. The summed E-state index contributed by atoms with van der Waals surface area (Å²) in [7, 11) is 1.31. The molecule has 0 aliphatic rings. The molecule has 6 heteroatoms. The highest BCUT2D eigenvalue weighted by Gasteiger charge is 2.02. The Hall–Kier alpha value is -0.650. The molecule has 1 aromatic rings. The lowest BCUT2D eigenvalue weighted by molar-refractivity contribution is 0.596. The number of pyridine rings is 1. The summed E-state index contributed by atoms with van der Waals surface area (Å²) in [5.41, 5.74) is 0.814. The average molecular weight is 207 g/mol. The number of nitrogens with one attached hydrogen (secondary N) is 1. The number of nitrogens with zero attached hydrogens (tertiary/aromatic N) is 1. The van der Waals surface area contributed by atoms with Gasteiger partial charge in [-0.05, 0) is 17.7 Å². The van der Waals surface area contributed by atoms with E-state index in [0.717, 1.165) is 5.56 Å². The Kier molecular flexibility index (Phi) is 3.02. The molecule has 66 valence electrons. The summed E-state index contributed by atoms with van der Waals surface area (Å²) in [6.45, 7) is 0.189. The molecule has 0 aromatic carbocycles. The normalized spacial score (nSPS) is 11.4. The van der Waals surface area contributed by atoms with Crippen LogP contribution < -0.4 is 4.72 Å². The van der Waals surface area contributed by atoms with Crippen molar-refractivity contribution in [2.75, 3.05) is 0 Å². The first-order valence-corrected chi connectivity index (χ1v) is 5.47. The maximum Gasteiger partial charge on any atom is 0.297 e. The number of hydrogen-bond donors (Lipinski definition) is 1. The van der Waals surface area contributed by atoms with E-state index in [1.54, 1.807) is 24.5 Å². The second-order valence-electron chi connectivity index (χ2n) is 2.11. The van der Waals surface area contributed by atoms with Gasteiger partial charge in [-0.1, -0.05) is 0 Å². The Morgan fingerprint density at radius 2 is 2.00 bits per heavy atom. The summed E-state index contributed by atoms with van der Waals surface area (Å²) >= 11 is 0. The molecule has 0 amide bonds. The third-order valence-electron chi connectivity index (χ3n) is 1.20. The van der Waals surface area contributed by atoms with Gasteiger partial charge in [0.15, 0.2) is 0 Å². The predicted octanol–water partition coefficient (Wildman–Crippen LogP) is 0.655. The van der Waals surface area contributed by atoms with Gasteiger partial charge < -0.3 is 0 Å². The molecule has 0 atom stereocenters. The second-order valence-corrected chi connectivity index (χ2v) is 4.50. The summed E-state index contributed by atoms with van der Waals surface area (Å²) in [6, 6.07) is 3.41. The third-order valence-corrected chi connectivity index (χ3v) is 2.01. The number of hydrogen-bond acceptors (Lipinski definition) is 3. The quantitative estimate of drug-likeness (QED) is 0.739. The first-order valence-electron chi connectivity index (χ1n) is 3.16. The van der Waals surface area contributed by atoms with E-state index in [-0.39, 0.29) is 6.54 Å². The summed E-state index contributed by atoms with van der Waals surface area (Å²) < 4.78 is 23.0.